The SMILES string of the molecule is CC(C)(N)c1ccc(-c2ccc3cn[nH]c3c2)cc1.Cl.Cl. The van der Waals surface area contributed by atoms with Gasteiger partial charge >= 0.3 is 0 Å². The van der Waals surface area contributed by atoms with Crippen LogP contribution in [0, 0.1) is 0 Å². The molecule has 0 unspecified atom stereocenters. The van der Waals surface area contributed by atoms with Crippen molar-refractivity contribution < 1.29 is 0 Å². The van der Waals surface area contributed by atoms with Crippen molar-refractivity contribution in [3.05, 3.63) is 54.2 Å². The van der Waals surface area contributed by atoms with Crippen molar-refractivity contribution in [3.63, 3.8) is 0 Å². The van der Waals surface area contributed by atoms with E-state index in [1.54, 1.807) is 0 Å². The van der Waals surface area contributed by atoms with Crippen molar-refractivity contribution in [3.8, 4) is 11.1 Å². The van der Waals surface area contributed by atoms with Gasteiger partial charge in [0, 0.05) is 10.9 Å². The Hall–Kier alpha value is -1.55. The number of benzene rings is 2. The van der Waals surface area contributed by atoms with Crippen LogP contribution in [-0.4, -0.2) is 10.2 Å². The number of fused-ring (bicyclic) bond motifs is 1. The molecule has 3 rings (SSSR count). The van der Waals surface area contributed by atoms with Crippen molar-refractivity contribution in [1.82, 2.24) is 10.2 Å². The first-order valence-electron chi connectivity index (χ1n) is 6.37. The van der Waals surface area contributed by atoms with Gasteiger partial charge in [-0.25, -0.2) is 0 Å². The minimum absolute atomic E-state index is 0. The fourth-order valence-electron chi connectivity index (χ4n) is 2.21. The summed E-state index contributed by atoms with van der Waals surface area (Å²) in [6, 6.07) is 14.7. The number of rotatable bonds is 2. The lowest BCUT2D eigenvalue weighted by Gasteiger charge is -2.19. The van der Waals surface area contributed by atoms with Gasteiger partial charge in [-0.15, -0.1) is 24.8 Å². The van der Waals surface area contributed by atoms with Crippen molar-refractivity contribution >= 4 is 35.7 Å². The maximum atomic E-state index is 6.09. The molecule has 3 aromatic rings. The Kier molecular flexibility index (Phi) is 5.40. The molecule has 21 heavy (non-hydrogen) atoms. The van der Waals surface area contributed by atoms with Crippen LogP contribution in [0.3, 0.4) is 0 Å². The van der Waals surface area contributed by atoms with Crippen LogP contribution in [0.2, 0.25) is 0 Å². The molecule has 0 atom stereocenters. The zero-order chi connectivity index (χ0) is 13.5. The van der Waals surface area contributed by atoms with E-state index in [2.05, 4.69) is 52.7 Å². The molecule has 0 amide bonds. The molecule has 1 aromatic heterocycles. The summed E-state index contributed by atoms with van der Waals surface area (Å²) in [4.78, 5) is 0. The first kappa shape index (κ1) is 17.5. The summed E-state index contributed by atoms with van der Waals surface area (Å²) < 4.78 is 0. The molecule has 0 aliphatic carbocycles. The quantitative estimate of drug-likeness (QED) is 0.740. The smallest absolute Gasteiger partial charge is 0.0656 e. The van der Waals surface area contributed by atoms with Crippen LogP contribution in [0.25, 0.3) is 22.0 Å². The Bertz CT molecular complexity index is 712. The predicted molar refractivity (Wildman–Crippen MR) is 93.2 cm³/mol. The Morgan fingerprint density at radius 3 is 2.19 bits per heavy atom. The molecule has 1 heterocycles. The zero-order valence-electron chi connectivity index (χ0n) is 12.0. The standard InChI is InChI=1S/C16H17N3.2ClH/c1-16(2,17)14-7-5-11(6-8-14)12-3-4-13-10-18-19-15(13)9-12;;/h3-10H,17H2,1-2H3,(H,18,19);2*1H. The maximum Gasteiger partial charge on any atom is 0.0656 e. The van der Waals surface area contributed by atoms with E-state index in [0.29, 0.717) is 0 Å². The normalized spacial score (nSPS) is 10.8. The summed E-state index contributed by atoms with van der Waals surface area (Å²) in [5.41, 5.74) is 10.4. The van der Waals surface area contributed by atoms with E-state index in [4.69, 9.17) is 5.73 Å². The Labute approximate surface area is 136 Å². The fourth-order valence-corrected chi connectivity index (χ4v) is 2.21. The summed E-state index contributed by atoms with van der Waals surface area (Å²) >= 11 is 0. The van der Waals surface area contributed by atoms with Crippen molar-refractivity contribution in [2.24, 2.45) is 5.73 Å². The molecule has 0 spiro atoms. The van der Waals surface area contributed by atoms with Crippen LogP contribution in [0.15, 0.2) is 48.7 Å². The lowest BCUT2D eigenvalue weighted by atomic mass is 9.93. The van der Waals surface area contributed by atoms with Gasteiger partial charge in [-0.1, -0.05) is 36.4 Å². The molecule has 3 nitrogen and oxygen atoms in total. The van der Waals surface area contributed by atoms with Gasteiger partial charge in [-0.3, -0.25) is 5.10 Å². The van der Waals surface area contributed by atoms with E-state index in [9.17, 15) is 0 Å². The molecule has 0 fully saturated rings. The number of H-pyrrole nitrogens is 1. The number of hydrogen-bond donors (Lipinski definition) is 2. The highest BCUT2D eigenvalue weighted by molar-refractivity contribution is 5.85. The number of aromatic nitrogens is 2. The van der Waals surface area contributed by atoms with E-state index < -0.39 is 0 Å². The van der Waals surface area contributed by atoms with Crippen LogP contribution in [0.4, 0.5) is 0 Å². The average Bonchev–Trinajstić information content (AvgIpc) is 2.85. The first-order chi connectivity index (χ1) is 9.04. The molecule has 2 aromatic carbocycles. The molecule has 0 aliphatic rings. The average molecular weight is 324 g/mol. The lowest BCUT2D eigenvalue weighted by Crippen LogP contribution is -2.28. The highest BCUT2D eigenvalue weighted by Gasteiger charge is 2.13. The summed E-state index contributed by atoms with van der Waals surface area (Å²) in [7, 11) is 0. The highest BCUT2D eigenvalue weighted by Crippen LogP contribution is 2.25. The first-order valence-corrected chi connectivity index (χ1v) is 6.37. The van der Waals surface area contributed by atoms with Crippen LogP contribution in [0.5, 0.6) is 0 Å². The van der Waals surface area contributed by atoms with E-state index in [-0.39, 0.29) is 30.4 Å². The monoisotopic (exact) mass is 323 g/mol. The van der Waals surface area contributed by atoms with Crippen molar-refractivity contribution in [2.75, 3.05) is 0 Å². The van der Waals surface area contributed by atoms with E-state index in [0.717, 1.165) is 16.5 Å². The van der Waals surface area contributed by atoms with Crippen molar-refractivity contribution in [2.45, 2.75) is 19.4 Å². The van der Waals surface area contributed by atoms with Crippen LogP contribution >= 0.6 is 24.8 Å². The molecule has 112 valence electrons. The van der Waals surface area contributed by atoms with Crippen LogP contribution in [-0.2, 0) is 5.54 Å². The fraction of sp³-hybridized carbons (Fsp3) is 0.188. The minimum Gasteiger partial charge on any atom is -0.322 e. The minimum atomic E-state index is -0.300. The molecule has 0 saturated carbocycles. The molecule has 0 radical (unpaired) electrons. The number of nitrogens with one attached hydrogen (secondary N) is 1. The molecule has 3 N–H and O–H groups in total. The second kappa shape index (κ2) is 6.48. The summed E-state index contributed by atoms with van der Waals surface area (Å²) in [6.07, 6.45) is 1.83. The van der Waals surface area contributed by atoms with E-state index >= 15 is 0 Å². The number of aromatic amines is 1. The lowest BCUT2D eigenvalue weighted by molar-refractivity contribution is 0.554. The molecule has 5 heteroatoms. The largest absolute Gasteiger partial charge is 0.322 e. The zero-order valence-corrected chi connectivity index (χ0v) is 13.6. The topological polar surface area (TPSA) is 54.7 Å². The van der Waals surface area contributed by atoms with E-state index in [1.165, 1.54) is 11.1 Å². The van der Waals surface area contributed by atoms with Gasteiger partial charge in [0.25, 0.3) is 0 Å². The Morgan fingerprint density at radius 1 is 0.952 bits per heavy atom. The Balaban J connectivity index is 0.00000110. The second-order valence-corrected chi connectivity index (χ2v) is 5.47. The van der Waals surface area contributed by atoms with Gasteiger partial charge in [-0.2, -0.15) is 5.10 Å². The van der Waals surface area contributed by atoms with Gasteiger partial charge in [0.1, 0.15) is 0 Å². The second-order valence-electron chi connectivity index (χ2n) is 5.47. The molecule has 0 bridgehead atoms. The van der Waals surface area contributed by atoms with Gasteiger partial charge < -0.3 is 5.73 Å². The number of nitrogens with two attached hydrogens (primary N) is 1. The number of nitrogens with zero attached hydrogens (tertiary/aromatic N) is 1. The number of hydrogen-bond acceptors (Lipinski definition) is 2. The molecular weight excluding hydrogens is 305 g/mol. The summed E-state index contributed by atoms with van der Waals surface area (Å²) in [6.45, 7) is 4.03. The summed E-state index contributed by atoms with van der Waals surface area (Å²) in [5.74, 6) is 0. The highest BCUT2D eigenvalue weighted by atomic mass is 35.5. The van der Waals surface area contributed by atoms with Gasteiger partial charge in [0.15, 0.2) is 0 Å². The van der Waals surface area contributed by atoms with Crippen LogP contribution < -0.4 is 5.73 Å². The van der Waals surface area contributed by atoms with Gasteiger partial charge in [0.05, 0.1) is 11.7 Å². The number of halogens is 2. The van der Waals surface area contributed by atoms with Gasteiger partial charge in [-0.05, 0) is 36.6 Å². The van der Waals surface area contributed by atoms with Gasteiger partial charge in [0.2, 0.25) is 0 Å². The third-order valence-electron chi connectivity index (χ3n) is 3.40. The molecular formula is C16H19Cl2N3. The third kappa shape index (κ3) is 3.56. The maximum absolute atomic E-state index is 6.09. The van der Waals surface area contributed by atoms with E-state index in [1.807, 2.05) is 20.0 Å². The molecule has 0 aliphatic heterocycles. The van der Waals surface area contributed by atoms with Crippen LogP contribution in [0.1, 0.15) is 19.4 Å². The molecule has 0 saturated heterocycles. The summed E-state index contributed by atoms with van der Waals surface area (Å²) in [5, 5.41) is 8.16. The predicted octanol–water partition coefficient (Wildman–Crippen LogP) is 4.27. The third-order valence-corrected chi connectivity index (χ3v) is 3.40. The van der Waals surface area contributed by atoms with Crippen molar-refractivity contribution in [1.29, 1.82) is 0 Å². The Morgan fingerprint density at radius 2 is 1.57 bits per heavy atom.